The standard InChI is InChI=1S/C51H64N16O22P2S2/c1-23(2)33(59-30(69)12-14-65-31(70)10-11-32(65)71)27(68)17-25(5-4-13-55-49(54)76)42(73)58-26-8-6-24(7-9-26)18-82-50(77)64(3)15-16-81-51(78)87-39-38-29(86-46(39)67-22-57-35-41(67)61-48(53)63-44(35)75)20-84-90(79,92)88-37-28(19-83-91(80,93)89-38)85-45(36(37)72)66-21-56-34-40(66)60-47(52)62-43(34)74/h6-11,21-23,25,28-29,33,36-39,45-46,72H,4-5,12-20H2,1-3H3,(H,58,73)(H,59,69)(H,79,92)(H,80,93)(H3,54,55,76)(H3,52,60,62,74)(H3,53,61,63,75)/t25-,28-,29-,33+,36-,37-,38-,39-,45-,46-,90?,91?/m1/s1. The van der Waals surface area contributed by atoms with E-state index in [9.17, 15) is 62.5 Å². The zero-order chi connectivity index (χ0) is 67.2. The van der Waals surface area contributed by atoms with E-state index in [4.69, 9.17) is 70.8 Å². The molecule has 2 unspecified atom stereocenters. The summed E-state index contributed by atoms with van der Waals surface area (Å²) in [6, 6.07) is 4.35. The first-order valence-electron chi connectivity index (χ1n) is 28.3. The largest absolute Gasteiger partial charge is 0.508 e. The minimum atomic E-state index is -4.62. The third-order valence-corrected chi connectivity index (χ3v) is 17.9. The summed E-state index contributed by atoms with van der Waals surface area (Å²) < 4.78 is 68.3. The minimum Gasteiger partial charge on any atom is -0.445 e. The minimum absolute atomic E-state index is 0.105. The van der Waals surface area contributed by atoms with E-state index >= 15 is 0 Å². The molecule has 8 heterocycles. The summed E-state index contributed by atoms with van der Waals surface area (Å²) in [5, 5.41) is 19.4. The number of anilines is 3. The lowest BCUT2D eigenvalue weighted by Gasteiger charge is -2.30. The summed E-state index contributed by atoms with van der Waals surface area (Å²) in [5.41, 5.74) is 15.4. The molecule has 0 saturated carbocycles. The van der Waals surface area contributed by atoms with Gasteiger partial charge in [0.2, 0.25) is 23.7 Å². The number of carbonyl (C=O) groups is 8. The SMILES string of the molecule is CC(C)[C@H](NC(=O)CCN1C(=O)C=CC1=O)C(=O)C[C@@H](CCCNC(N)=O)C(=O)Nc1ccc(COC(=O)N(C)CCOC(=O)O[C@@H]2[C@@H]3OP(O)(=S)OC[C@H]4O[C@@H](n5cnc6c(=O)[nH]c(N)nc65)[C@H](O)[C@@H]4OP(=O)(S)OC[C@H]3O[C@H]2n2cnc3c(=O)[nH]c(N)nc32)cc1. The van der Waals surface area contributed by atoms with Gasteiger partial charge in [0, 0.05) is 56.7 Å². The van der Waals surface area contributed by atoms with Crippen molar-refractivity contribution in [3.05, 3.63) is 75.3 Å². The zero-order valence-corrected chi connectivity index (χ0v) is 52.9. The number of rotatable bonds is 22. The Morgan fingerprint density at radius 3 is 2.11 bits per heavy atom. The highest BCUT2D eigenvalue weighted by molar-refractivity contribution is 8.44. The molecule has 0 bridgehead atoms. The second-order valence-corrected chi connectivity index (χ2v) is 27.4. The number of thiol groups is 1. The number of likely N-dealkylation sites (N-methyl/N-ethyl adjacent to an activating group) is 1. The van der Waals surface area contributed by atoms with Crippen LogP contribution in [0.3, 0.4) is 0 Å². The Bertz CT molecular complexity index is 3930. The quantitative estimate of drug-likeness (QED) is 0.0141. The number of nitrogens with two attached hydrogens (primary N) is 3. The number of ketones is 1. The van der Waals surface area contributed by atoms with Crippen molar-refractivity contribution in [1.29, 1.82) is 0 Å². The molecular weight excluding hydrogens is 1310 g/mol. The lowest BCUT2D eigenvalue weighted by Crippen LogP contribution is -2.46. The summed E-state index contributed by atoms with van der Waals surface area (Å²) in [6.07, 6.45) is -11.0. The third-order valence-electron chi connectivity index (χ3n) is 14.8. The summed E-state index contributed by atoms with van der Waals surface area (Å²) in [5.74, 6) is -4.72. The fourth-order valence-corrected chi connectivity index (χ4v) is 13.1. The number of benzene rings is 1. The lowest BCUT2D eigenvalue weighted by molar-refractivity contribution is -0.137. The van der Waals surface area contributed by atoms with Gasteiger partial charge in [-0.15, -0.1) is 0 Å². The molecule has 38 nitrogen and oxygen atoms in total. The third kappa shape index (κ3) is 16.9. The van der Waals surface area contributed by atoms with Gasteiger partial charge in [-0.05, 0) is 48.3 Å². The molecule has 1 aromatic carbocycles. The number of hydrogen-bond acceptors (Lipinski definition) is 28. The second kappa shape index (κ2) is 29.4. The normalized spacial score (nSPS) is 25.3. The monoisotopic (exact) mass is 1380 g/mol. The van der Waals surface area contributed by atoms with Crippen LogP contribution in [-0.4, -0.2) is 196 Å². The van der Waals surface area contributed by atoms with Gasteiger partial charge in [0.05, 0.1) is 38.5 Å². The molecule has 7 amide bonds. The van der Waals surface area contributed by atoms with Crippen molar-refractivity contribution >= 4 is 125 Å². The maximum absolute atomic E-state index is 14.0. The number of carbonyl (C=O) groups excluding carboxylic acids is 8. The first kappa shape index (κ1) is 69.1. The van der Waals surface area contributed by atoms with Gasteiger partial charge in [-0.25, -0.2) is 28.9 Å². The molecule has 4 aliphatic rings. The van der Waals surface area contributed by atoms with E-state index in [0.29, 0.717) is 11.3 Å². The van der Waals surface area contributed by atoms with Gasteiger partial charge in [-0.2, -0.15) is 9.97 Å². The van der Waals surface area contributed by atoms with Crippen molar-refractivity contribution in [2.75, 3.05) is 63.3 Å². The summed E-state index contributed by atoms with van der Waals surface area (Å²) in [6.45, 7) is -8.50. The molecule has 42 heteroatoms. The van der Waals surface area contributed by atoms with E-state index in [1.807, 2.05) is 0 Å². The number of aromatic amines is 2. The summed E-state index contributed by atoms with van der Waals surface area (Å²) in [7, 11) is 1.33. The highest BCUT2D eigenvalue weighted by atomic mass is 32.7. The number of Topliss-reactive ketones (excluding diaryl/α,β-unsaturated/α-hetero) is 1. The first-order valence-corrected chi connectivity index (χ1v) is 33.6. The highest BCUT2D eigenvalue weighted by Crippen LogP contribution is 2.58. The number of nitrogen functional groups attached to an aromatic ring is 2. The number of ether oxygens (including phenoxy) is 5. The van der Waals surface area contributed by atoms with Gasteiger partial charge in [-0.1, -0.05) is 38.2 Å². The summed E-state index contributed by atoms with van der Waals surface area (Å²) in [4.78, 5) is 162. The van der Waals surface area contributed by atoms with E-state index in [0.717, 1.165) is 43.7 Å². The summed E-state index contributed by atoms with van der Waals surface area (Å²) >= 11 is 9.56. The number of imide groups is 1. The molecule has 0 spiro atoms. The Morgan fingerprint density at radius 2 is 1.48 bits per heavy atom. The Balaban J connectivity index is 0.808. The van der Waals surface area contributed by atoms with Crippen LogP contribution in [0.4, 0.5) is 32.0 Å². The molecule has 4 aliphatic heterocycles. The fraction of sp³-hybridized carbons (Fsp3) is 0.490. The van der Waals surface area contributed by atoms with Crippen molar-refractivity contribution in [3.8, 4) is 0 Å². The van der Waals surface area contributed by atoms with Crippen molar-refractivity contribution in [2.45, 2.75) is 101 Å². The Morgan fingerprint density at radius 1 is 0.882 bits per heavy atom. The zero-order valence-electron chi connectivity index (χ0n) is 49.4. The first-order chi connectivity index (χ1) is 44.0. The Kier molecular flexibility index (Phi) is 21.8. The number of urea groups is 1. The van der Waals surface area contributed by atoms with Crippen LogP contribution in [0.25, 0.3) is 22.3 Å². The van der Waals surface area contributed by atoms with Crippen molar-refractivity contribution < 1.29 is 94.7 Å². The second-order valence-electron chi connectivity index (χ2n) is 21.7. The van der Waals surface area contributed by atoms with Gasteiger partial charge in [-0.3, -0.25) is 71.1 Å². The molecular formula is C51H64N16O22P2S2. The predicted octanol–water partition coefficient (Wildman–Crippen LogP) is -0.146. The molecule has 502 valence electrons. The lowest BCUT2D eigenvalue weighted by atomic mass is 9.89. The van der Waals surface area contributed by atoms with Crippen LogP contribution < -0.4 is 44.3 Å². The molecule has 9 rings (SSSR count). The van der Waals surface area contributed by atoms with Crippen LogP contribution in [0, 0.1) is 11.8 Å². The molecule has 3 fully saturated rings. The van der Waals surface area contributed by atoms with Crippen molar-refractivity contribution in [1.82, 2.24) is 59.5 Å². The number of aliphatic hydroxyl groups excluding tert-OH is 1. The average molecular weight is 1380 g/mol. The van der Waals surface area contributed by atoms with E-state index in [1.54, 1.807) is 26.0 Å². The van der Waals surface area contributed by atoms with E-state index < -0.39 is 159 Å². The smallest absolute Gasteiger partial charge is 0.445 e. The number of H-pyrrole nitrogens is 2. The maximum Gasteiger partial charge on any atom is 0.508 e. The van der Waals surface area contributed by atoms with Crippen molar-refractivity contribution in [3.63, 3.8) is 0 Å². The van der Waals surface area contributed by atoms with Crippen LogP contribution in [0.2, 0.25) is 0 Å². The Labute approximate surface area is 534 Å². The number of amides is 7. The van der Waals surface area contributed by atoms with Gasteiger partial charge in [0.1, 0.15) is 43.7 Å². The Hall–Kier alpha value is -8.27. The number of primary amides is 1. The number of fused-ring (bicyclic) bond motifs is 4. The fourth-order valence-electron chi connectivity index (χ4n) is 10.2. The number of nitrogens with zero attached hydrogens (tertiary/aromatic N) is 8. The molecule has 5 aromatic rings. The van der Waals surface area contributed by atoms with Gasteiger partial charge in [0.25, 0.3) is 22.9 Å². The van der Waals surface area contributed by atoms with Crippen LogP contribution in [-0.2, 0) is 88.7 Å². The van der Waals surface area contributed by atoms with E-state index in [-0.39, 0.29) is 86.1 Å². The van der Waals surface area contributed by atoms with Crippen LogP contribution in [0.15, 0.2) is 58.7 Å². The van der Waals surface area contributed by atoms with Crippen LogP contribution >= 0.6 is 25.8 Å². The molecule has 12 atom stereocenters. The van der Waals surface area contributed by atoms with E-state index in [2.05, 4.69) is 58.1 Å². The molecule has 0 aliphatic carbocycles. The maximum atomic E-state index is 14.0. The molecule has 0 radical (unpaired) electrons. The van der Waals surface area contributed by atoms with Gasteiger partial charge >= 0.3 is 31.8 Å². The van der Waals surface area contributed by atoms with Gasteiger partial charge in [0.15, 0.2) is 46.7 Å². The molecule has 13 N–H and O–H groups in total. The molecule has 3 saturated heterocycles. The van der Waals surface area contributed by atoms with E-state index in [1.165, 1.54) is 19.2 Å². The van der Waals surface area contributed by atoms with Crippen LogP contribution in [0.1, 0.15) is 57.6 Å². The molecule has 93 heavy (non-hydrogen) atoms. The topological polar surface area (TPSA) is 525 Å². The number of aliphatic hydroxyl groups is 1. The van der Waals surface area contributed by atoms with Gasteiger partial charge < -0.3 is 76.3 Å². The molecule has 4 aromatic heterocycles. The van der Waals surface area contributed by atoms with Crippen molar-refractivity contribution in [2.24, 2.45) is 17.6 Å². The van der Waals surface area contributed by atoms with Crippen LogP contribution in [0.5, 0.6) is 0 Å². The predicted molar refractivity (Wildman–Crippen MR) is 325 cm³/mol. The number of imidazole rings is 2. The number of hydrogen-bond donors (Lipinski definition) is 11. The highest BCUT2D eigenvalue weighted by Gasteiger charge is 2.55. The average Bonchev–Trinajstić information content (AvgIpc) is 1.64. The number of nitrogens with one attached hydrogen (secondary N) is 5. The number of aromatic nitrogens is 8.